The number of hydrogen-bond acceptors (Lipinski definition) is 2. The van der Waals surface area contributed by atoms with Crippen LogP contribution in [-0.2, 0) is 6.42 Å². The van der Waals surface area contributed by atoms with E-state index in [9.17, 15) is 0 Å². The first kappa shape index (κ1) is 9.04. The van der Waals surface area contributed by atoms with Crippen LogP contribution in [0, 0.1) is 5.92 Å². The Morgan fingerprint density at radius 3 is 2.92 bits per heavy atom. The molecule has 1 atom stereocenters. The second kappa shape index (κ2) is 4.10. The molecule has 1 aromatic heterocycles. The van der Waals surface area contributed by atoms with Gasteiger partial charge in [0.15, 0.2) is 0 Å². The number of nitrogens with zero attached hydrogens (tertiary/aromatic N) is 1. The zero-order valence-corrected chi connectivity index (χ0v) is 7.75. The number of pyridine rings is 1. The molecule has 2 heteroatoms. The van der Waals surface area contributed by atoms with Crippen LogP contribution in [0.4, 0.5) is 5.82 Å². The van der Waals surface area contributed by atoms with E-state index in [-0.39, 0.29) is 0 Å². The van der Waals surface area contributed by atoms with Crippen LogP contribution in [0.1, 0.15) is 25.8 Å². The van der Waals surface area contributed by atoms with Gasteiger partial charge in [-0.05, 0) is 24.0 Å². The van der Waals surface area contributed by atoms with Crippen molar-refractivity contribution in [2.75, 3.05) is 5.73 Å². The highest BCUT2D eigenvalue weighted by atomic mass is 14.8. The first-order chi connectivity index (χ1) is 5.74. The van der Waals surface area contributed by atoms with Crippen molar-refractivity contribution >= 4 is 5.82 Å². The van der Waals surface area contributed by atoms with Gasteiger partial charge in [-0.15, -0.1) is 0 Å². The Labute approximate surface area is 73.8 Å². The molecule has 0 aliphatic heterocycles. The third-order valence-corrected chi connectivity index (χ3v) is 2.19. The summed E-state index contributed by atoms with van der Waals surface area (Å²) in [6, 6.07) is 3.99. The highest BCUT2D eigenvalue weighted by molar-refractivity contribution is 5.38. The SMILES string of the molecule is CCC(C)Cc1cccnc1N. The molecule has 1 aromatic rings. The average molecular weight is 164 g/mol. The Morgan fingerprint density at radius 2 is 2.33 bits per heavy atom. The van der Waals surface area contributed by atoms with Gasteiger partial charge in [-0.2, -0.15) is 0 Å². The summed E-state index contributed by atoms with van der Waals surface area (Å²) in [6.07, 6.45) is 3.96. The zero-order valence-electron chi connectivity index (χ0n) is 7.75. The number of aromatic nitrogens is 1. The van der Waals surface area contributed by atoms with Gasteiger partial charge in [-0.3, -0.25) is 0 Å². The Kier molecular flexibility index (Phi) is 3.09. The van der Waals surface area contributed by atoms with E-state index >= 15 is 0 Å². The van der Waals surface area contributed by atoms with Crippen LogP contribution < -0.4 is 5.73 Å². The van der Waals surface area contributed by atoms with Gasteiger partial charge < -0.3 is 5.73 Å². The molecule has 0 aliphatic rings. The molecule has 0 saturated heterocycles. The first-order valence-corrected chi connectivity index (χ1v) is 4.43. The molecule has 0 fully saturated rings. The van der Waals surface area contributed by atoms with E-state index in [1.807, 2.05) is 6.07 Å². The van der Waals surface area contributed by atoms with Crippen molar-refractivity contribution < 1.29 is 0 Å². The minimum Gasteiger partial charge on any atom is -0.383 e. The Hall–Kier alpha value is -1.05. The van der Waals surface area contributed by atoms with Crippen LogP contribution in [0.15, 0.2) is 18.3 Å². The summed E-state index contributed by atoms with van der Waals surface area (Å²) < 4.78 is 0. The monoisotopic (exact) mass is 164 g/mol. The van der Waals surface area contributed by atoms with Gasteiger partial charge in [0.05, 0.1) is 0 Å². The lowest BCUT2D eigenvalue weighted by Crippen LogP contribution is -2.02. The fourth-order valence-corrected chi connectivity index (χ4v) is 1.14. The minimum atomic E-state index is 0.679. The Morgan fingerprint density at radius 1 is 1.58 bits per heavy atom. The lowest BCUT2D eigenvalue weighted by Gasteiger charge is -2.09. The zero-order chi connectivity index (χ0) is 8.97. The molecule has 0 saturated carbocycles. The molecule has 12 heavy (non-hydrogen) atoms. The third-order valence-electron chi connectivity index (χ3n) is 2.19. The van der Waals surface area contributed by atoms with Crippen molar-refractivity contribution in [1.82, 2.24) is 4.98 Å². The van der Waals surface area contributed by atoms with Gasteiger partial charge in [0.2, 0.25) is 0 Å². The summed E-state index contributed by atoms with van der Waals surface area (Å²) in [7, 11) is 0. The van der Waals surface area contributed by atoms with Crippen LogP contribution in [0.2, 0.25) is 0 Å². The van der Waals surface area contributed by atoms with Crippen molar-refractivity contribution in [3.8, 4) is 0 Å². The van der Waals surface area contributed by atoms with Crippen LogP contribution in [0.5, 0.6) is 0 Å². The van der Waals surface area contributed by atoms with Crippen LogP contribution >= 0.6 is 0 Å². The van der Waals surface area contributed by atoms with E-state index in [0.29, 0.717) is 11.7 Å². The number of rotatable bonds is 3. The molecule has 1 heterocycles. The molecule has 66 valence electrons. The van der Waals surface area contributed by atoms with E-state index < -0.39 is 0 Å². The largest absolute Gasteiger partial charge is 0.383 e. The molecule has 1 rings (SSSR count). The number of nitrogen functional groups attached to an aromatic ring is 1. The molecule has 0 radical (unpaired) electrons. The van der Waals surface area contributed by atoms with Crippen molar-refractivity contribution in [2.24, 2.45) is 5.92 Å². The van der Waals surface area contributed by atoms with E-state index in [2.05, 4.69) is 24.9 Å². The summed E-state index contributed by atoms with van der Waals surface area (Å²) >= 11 is 0. The molecule has 0 bridgehead atoms. The molecular weight excluding hydrogens is 148 g/mol. The van der Waals surface area contributed by atoms with E-state index in [4.69, 9.17) is 5.73 Å². The summed E-state index contributed by atoms with van der Waals surface area (Å²) in [5.74, 6) is 1.37. The Balaban J connectivity index is 2.69. The predicted octanol–water partition coefficient (Wildman–Crippen LogP) is 2.25. The van der Waals surface area contributed by atoms with Gasteiger partial charge in [0, 0.05) is 6.20 Å². The molecule has 2 N–H and O–H groups in total. The second-order valence-corrected chi connectivity index (χ2v) is 3.27. The Bertz CT molecular complexity index is 245. The maximum Gasteiger partial charge on any atom is 0.126 e. The van der Waals surface area contributed by atoms with Gasteiger partial charge >= 0.3 is 0 Å². The van der Waals surface area contributed by atoms with Crippen molar-refractivity contribution in [1.29, 1.82) is 0 Å². The van der Waals surface area contributed by atoms with Crippen molar-refractivity contribution in [2.45, 2.75) is 26.7 Å². The molecular formula is C10H16N2. The fourth-order valence-electron chi connectivity index (χ4n) is 1.14. The maximum absolute atomic E-state index is 5.71. The summed E-state index contributed by atoms with van der Waals surface area (Å²) in [4.78, 5) is 4.04. The fraction of sp³-hybridized carbons (Fsp3) is 0.500. The number of hydrogen-bond donors (Lipinski definition) is 1. The van der Waals surface area contributed by atoms with Crippen LogP contribution in [-0.4, -0.2) is 4.98 Å². The average Bonchev–Trinajstić information content (AvgIpc) is 2.09. The normalized spacial score (nSPS) is 12.8. The van der Waals surface area contributed by atoms with Gasteiger partial charge in [-0.1, -0.05) is 26.3 Å². The van der Waals surface area contributed by atoms with E-state index in [1.54, 1.807) is 6.20 Å². The molecule has 0 spiro atoms. The topological polar surface area (TPSA) is 38.9 Å². The van der Waals surface area contributed by atoms with Crippen molar-refractivity contribution in [3.63, 3.8) is 0 Å². The lowest BCUT2D eigenvalue weighted by molar-refractivity contribution is 0.560. The quantitative estimate of drug-likeness (QED) is 0.744. The lowest BCUT2D eigenvalue weighted by atomic mass is 10.00. The third kappa shape index (κ3) is 2.22. The van der Waals surface area contributed by atoms with E-state index in [0.717, 1.165) is 6.42 Å². The summed E-state index contributed by atoms with van der Waals surface area (Å²) in [6.45, 7) is 4.42. The molecule has 2 nitrogen and oxygen atoms in total. The highest BCUT2D eigenvalue weighted by Crippen LogP contribution is 2.14. The predicted molar refractivity (Wildman–Crippen MR) is 51.8 cm³/mol. The van der Waals surface area contributed by atoms with Crippen LogP contribution in [0.3, 0.4) is 0 Å². The summed E-state index contributed by atoms with van der Waals surface area (Å²) in [5.41, 5.74) is 6.89. The van der Waals surface area contributed by atoms with Gasteiger partial charge in [0.1, 0.15) is 5.82 Å². The number of nitrogens with two attached hydrogens (primary N) is 1. The van der Waals surface area contributed by atoms with Crippen molar-refractivity contribution in [3.05, 3.63) is 23.9 Å². The van der Waals surface area contributed by atoms with Gasteiger partial charge in [-0.25, -0.2) is 4.98 Å². The smallest absolute Gasteiger partial charge is 0.126 e. The maximum atomic E-state index is 5.71. The van der Waals surface area contributed by atoms with Crippen LogP contribution in [0.25, 0.3) is 0 Å². The minimum absolute atomic E-state index is 0.679. The number of anilines is 1. The second-order valence-electron chi connectivity index (χ2n) is 3.27. The molecule has 0 amide bonds. The molecule has 0 aliphatic carbocycles. The standard InChI is InChI=1S/C10H16N2/c1-3-8(2)7-9-5-4-6-12-10(9)11/h4-6,8H,3,7H2,1-2H3,(H2,11,12). The first-order valence-electron chi connectivity index (χ1n) is 4.43. The van der Waals surface area contributed by atoms with Gasteiger partial charge in [0.25, 0.3) is 0 Å². The summed E-state index contributed by atoms with van der Waals surface area (Å²) in [5, 5.41) is 0. The molecule has 0 aromatic carbocycles. The molecule has 1 unspecified atom stereocenters. The van der Waals surface area contributed by atoms with E-state index in [1.165, 1.54) is 12.0 Å². The highest BCUT2D eigenvalue weighted by Gasteiger charge is 2.03.